The van der Waals surface area contributed by atoms with Crippen LogP contribution in [0, 0.1) is 0 Å². The maximum absolute atomic E-state index is 12.2. The van der Waals surface area contributed by atoms with Crippen molar-refractivity contribution >= 4 is 11.6 Å². The highest BCUT2D eigenvalue weighted by atomic mass is 19.3. The number of hydrogen-bond acceptors (Lipinski definition) is 3. The van der Waals surface area contributed by atoms with E-state index in [2.05, 4.69) is 0 Å². The molecule has 0 unspecified atom stereocenters. The number of aromatic amines is 1. The van der Waals surface area contributed by atoms with E-state index in [1.807, 2.05) is 4.98 Å². The van der Waals surface area contributed by atoms with Crippen LogP contribution in [0.3, 0.4) is 0 Å². The molecular formula is C7H7F2N3O2. The van der Waals surface area contributed by atoms with E-state index < -0.39 is 34.8 Å². The van der Waals surface area contributed by atoms with E-state index in [4.69, 9.17) is 11.5 Å². The number of H-pyrrole nitrogens is 1. The molecule has 0 aliphatic rings. The van der Waals surface area contributed by atoms with Gasteiger partial charge < -0.3 is 16.5 Å². The van der Waals surface area contributed by atoms with Crippen molar-refractivity contribution in [2.24, 2.45) is 5.73 Å². The van der Waals surface area contributed by atoms with Gasteiger partial charge in [0.05, 0.1) is 5.69 Å². The van der Waals surface area contributed by atoms with Gasteiger partial charge in [0.15, 0.2) is 0 Å². The van der Waals surface area contributed by atoms with Gasteiger partial charge in [-0.15, -0.1) is 0 Å². The van der Waals surface area contributed by atoms with Crippen LogP contribution in [0.5, 0.6) is 0 Å². The Kier molecular flexibility index (Phi) is 2.50. The zero-order valence-corrected chi connectivity index (χ0v) is 6.88. The summed E-state index contributed by atoms with van der Waals surface area (Å²) >= 11 is 0. The van der Waals surface area contributed by atoms with Crippen LogP contribution in [0.4, 0.5) is 14.5 Å². The fourth-order valence-electron chi connectivity index (χ4n) is 0.902. The predicted molar refractivity (Wildman–Crippen MR) is 44.9 cm³/mol. The van der Waals surface area contributed by atoms with Crippen LogP contribution in [0.1, 0.15) is 22.6 Å². The number of aromatic nitrogens is 1. The molecule has 0 aliphatic heterocycles. The fourth-order valence-corrected chi connectivity index (χ4v) is 0.902. The molecule has 0 fully saturated rings. The van der Waals surface area contributed by atoms with Gasteiger partial charge in [-0.1, -0.05) is 0 Å². The number of pyridine rings is 1. The number of nitrogens with two attached hydrogens (primary N) is 2. The van der Waals surface area contributed by atoms with Gasteiger partial charge in [-0.05, 0) is 0 Å². The minimum Gasteiger partial charge on any atom is -0.394 e. The Morgan fingerprint density at radius 1 is 1.50 bits per heavy atom. The molecule has 0 radical (unpaired) electrons. The Bertz CT molecular complexity index is 427. The van der Waals surface area contributed by atoms with Crippen molar-refractivity contribution in [3.8, 4) is 0 Å². The topological polar surface area (TPSA) is 102 Å². The first-order valence-electron chi connectivity index (χ1n) is 3.54. The lowest BCUT2D eigenvalue weighted by atomic mass is 10.2. The van der Waals surface area contributed by atoms with Gasteiger partial charge in [-0.2, -0.15) is 0 Å². The van der Waals surface area contributed by atoms with Crippen LogP contribution in [-0.2, 0) is 0 Å². The molecule has 0 aromatic carbocycles. The number of carbonyl (C=O) groups excluding carboxylic acids is 1. The second-order valence-corrected chi connectivity index (χ2v) is 2.54. The van der Waals surface area contributed by atoms with E-state index in [1.54, 1.807) is 0 Å². The number of amides is 1. The standard InChI is InChI=1S/C7H7F2N3O2/c8-6(9)2-1-3(13)4(10)5(12-2)7(11)14/h1,6H,10H2,(H2,11,14)(H,12,13). The van der Waals surface area contributed by atoms with Crippen LogP contribution >= 0.6 is 0 Å². The van der Waals surface area contributed by atoms with Crippen molar-refractivity contribution < 1.29 is 13.6 Å². The van der Waals surface area contributed by atoms with E-state index in [1.165, 1.54) is 0 Å². The molecule has 0 atom stereocenters. The first-order valence-corrected chi connectivity index (χ1v) is 3.54. The molecule has 14 heavy (non-hydrogen) atoms. The molecule has 5 nitrogen and oxygen atoms in total. The van der Waals surface area contributed by atoms with Crippen molar-refractivity contribution in [1.82, 2.24) is 4.98 Å². The quantitative estimate of drug-likeness (QED) is 0.630. The van der Waals surface area contributed by atoms with Crippen LogP contribution in [-0.4, -0.2) is 10.9 Å². The van der Waals surface area contributed by atoms with Gasteiger partial charge in [0.1, 0.15) is 11.4 Å². The lowest BCUT2D eigenvalue weighted by Gasteiger charge is -2.04. The smallest absolute Gasteiger partial charge is 0.278 e. The van der Waals surface area contributed by atoms with Crippen molar-refractivity contribution in [2.75, 3.05) is 5.73 Å². The molecule has 1 heterocycles. The third kappa shape index (κ3) is 1.70. The Labute approximate surface area is 76.7 Å². The Morgan fingerprint density at radius 3 is 2.50 bits per heavy atom. The molecule has 0 saturated heterocycles. The summed E-state index contributed by atoms with van der Waals surface area (Å²) < 4.78 is 24.3. The summed E-state index contributed by atoms with van der Waals surface area (Å²) in [6.07, 6.45) is -2.89. The number of anilines is 1. The van der Waals surface area contributed by atoms with Crippen LogP contribution in [0.25, 0.3) is 0 Å². The van der Waals surface area contributed by atoms with Crippen LogP contribution in [0.15, 0.2) is 10.9 Å². The zero-order chi connectivity index (χ0) is 10.9. The number of primary amides is 1. The van der Waals surface area contributed by atoms with Gasteiger partial charge in [-0.3, -0.25) is 9.59 Å². The third-order valence-corrected chi connectivity index (χ3v) is 1.57. The summed E-state index contributed by atoms with van der Waals surface area (Å²) in [6.45, 7) is 0. The molecule has 0 saturated carbocycles. The number of rotatable bonds is 2. The number of alkyl halides is 2. The summed E-state index contributed by atoms with van der Waals surface area (Å²) in [6, 6.07) is 0.631. The molecule has 1 amide bonds. The van der Waals surface area contributed by atoms with E-state index in [9.17, 15) is 18.4 Å². The van der Waals surface area contributed by atoms with Crippen molar-refractivity contribution in [2.45, 2.75) is 6.43 Å². The second kappa shape index (κ2) is 3.44. The second-order valence-electron chi connectivity index (χ2n) is 2.54. The summed E-state index contributed by atoms with van der Waals surface area (Å²) in [4.78, 5) is 23.7. The molecule has 1 aromatic rings. The van der Waals surface area contributed by atoms with Crippen LogP contribution in [0.2, 0.25) is 0 Å². The summed E-state index contributed by atoms with van der Waals surface area (Å²) in [5, 5.41) is 0. The molecule has 0 aliphatic carbocycles. The summed E-state index contributed by atoms with van der Waals surface area (Å²) in [5.74, 6) is -1.05. The average molecular weight is 203 g/mol. The molecule has 7 heteroatoms. The minimum absolute atomic E-state index is 0.457. The highest BCUT2D eigenvalue weighted by Gasteiger charge is 2.15. The highest BCUT2D eigenvalue weighted by Crippen LogP contribution is 2.16. The van der Waals surface area contributed by atoms with E-state index in [-0.39, 0.29) is 0 Å². The van der Waals surface area contributed by atoms with Crippen molar-refractivity contribution in [1.29, 1.82) is 0 Å². The Balaban J connectivity index is 3.43. The maximum atomic E-state index is 12.2. The Morgan fingerprint density at radius 2 is 2.07 bits per heavy atom. The molecule has 1 rings (SSSR count). The highest BCUT2D eigenvalue weighted by molar-refractivity contribution is 5.95. The first kappa shape index (κ1) is 10.2. The van der Waals surface area contributed by atoms with Gasteiger partial charge in [-0.25, -0.2) is 8.78 Å². The zero-order valence-electron chi connectivity index (χ0n) is 6.88. The first-order chi connectivity index (χ1) is 6.43. The average Bonchev–Trinajstić information content (AvgIpc) is 2.08. The third-order valence-electron chi connectivity index (χ3n) is 1.57. The normalized spacial score (nSPS) is 10.5. The van der Waals surface area contributed by atoms with Crippen molar-refractivity contribution in [3.05, 3.63) is 27.7 Å². The number of nitrogens with one attached hydrogen (secondary N) is 1. The minimum atomic E-state index is -2.89. The van der Waals surface area contributed by atoms with Gasteiger partial charge in [0.2, 0.25) is 5.43 Å². The number of hydrogen-bond donors (Lipinski definition) is 3. The fraction of sp³-hybridized carbons (Fsp3) is 0.143. The number of carbonyl (C=O) groups is 1. The van der Waals surface area contributed by atoms with Gasteiger partial charge >= 0.3 is 0 Å². The largest absolute Gasteiger partial charge is 0.394 e. The lowest BCUT2D eigenvalue weighted by molar-refractivity contribution is 0.0994. The molecule has 0 bridgehead atoms. The SMILES string of the molecule is NC(=O)c1[nH]c(C(F)F)cc(=O)c1N. The molecular weight excluding hydrogens is 196 g/mol. The molecule has 1 aromatic heterocycles. The lowest BCUT2D eigenvalue weighted by Crippen LogP contribution is -2.22. The van der Waals surface area contributed by atoms with Crippen molar-refractivity contribution in [3.63, 3.8) is 0 Å². The predicted octanol–water partition coefficient (Wildman–Crippen LogP) is -0.00640. The number of nitrogen functional groups attached to an aromatic ring is 1. The monoisotopic (exact) mass is 203 g/mol. The summed E-state index contributed by atoms with van der Waals surface area (Å²) in [5.41, 5.74) is 7.50. The number of halogens is 2. The Hall–Kier alpha value is -1.92. The van der Waals surface area contributed by atoms with E-state index in [0.29, 0.717) is 6.07 Å². The van der Waals surface area contributed by atoms with E-state index >= 15 is 0 Å². The van der Waals surface area contributed by atoms with Gasteiger partial charge in [0.25, 0.3) is 12.3 Å². The summed E-state index contributed by atoms with van der Waals surface area (Å²) in [7, 11) is 0. The maximum Gasteiger partial charge on any atom is 0.278 e. The van der Waals surface area contributed by atoms with Gasteiger partial charge in [0, 0.05) is 6.07 Å². The molecule has 5 N–H and O–H groups in total. The molecule has 76 valence electrons. The van der Waals surface area contributed by atoms with E-state index in [0.717, 1.165) is 0 Å². The molecule has 0 spiro atoms. The van der Waals surface area contributed by atoms with Crippen LogP contribution < -0.4 is 16.9 Å².